The van der Waals surface area contributed by atoms with Crippen LogP contribution in [0, 0.1) is 0 Å². The highest BCUT2D eigenvalue weighted by molar-refractivity contribution is 7.90. The lowest BCUT2D eigenvalue weighted by Crippen LogP contribution is -2.42. The van der Waals surface area contributed by atoms with Crippen LogP contribution in [0.3, 0.4) is 0 Å². The number of sulfonamides is 1. The molecule has 2 N–H and O–H groups in total. The lowest BCUT2D eigenvalue weighted by Gasteiger charge is -2.28. The highest BCUT2D eigenvalue weighted by Gasteiger charge is 2.29. The molecule has 0 saturated carbocycles. The van der Waals surface area contributed by atoms with Crippen molar-refractivity contribution >= 4 is 33.4 Å². The van der Waals surface area contributed by atoms with Crippen LogP contribution >= 0.6 is 0 Å². The van der Waals surface area contributed by atoms with Crippen LogP contribution < -0.4 is 10.6 Å². The van der Waals surface area contributed by atoms with E-state index in [1.165, 1.54) is 12.3 Å². The molecule has 154 valence electrons. The maximum Gasteiger partial charge on any atom is 0.291 e. The first-order valence-electron chi connectivity index (χ1n) is 9.11. The summed E-state index contributed by atoms with van der Waals surface area (Å²) in [5, 5.41) is 5.49. The molecule has 0 radical (unpaired) electrons. The number of furan rings is 1. The van der Waals surface area contributed by atoms with E-state index in [0.29, 0.717) is 5.69 Å². The first kappa shape index (κ1) is 19.6. The molecule has 0 aliphatic carbocycles. The Bertz CT molecular complexity index is 1180. The molecule has 4 rings (SSSR count). The van der Waals surface area contributed by atoms with Gasteiger partial charge in [-0.25, -0.2) is 8.42 Å². The Balaban J connectivity index is 1.43. The lowest BCUT2D eigenvalue weighted by atomic mass is 10.1. The summed E-state index contributed by atoms with van der Waals surface area (Å²) in [5.41, 5.74) is 1.49. The summed E-state index contributed by atoms with van der Waals surface area (Å²) >= 11 is 0. The van der Waals surface area contributed by atoms with Crippen molar-refractivity contribution in [1.82, 2.24) is 10.2 Å². The van der Waals surface area contributed by atoms with E-state index in [9.17, 15) is 18.0 Å². The molecule has 0 bridgehead atoms. The number of amides is 2. The third kappa shape index (κ3) is 4.33. The molecule has 1 aromatic heterocycles. The molecule has 0 unspecified atom stereocenters. The van der Waals surface area contributed by atoms with Crippen LogP contribution in [-0.2, 0) is 21.4 Å². The maximum atomic E-state index is 12.7. The predicted molar refractivity (Wildman–Crippen MR) is 110 cm³/mol. The molecule has 2 aromatic rings. The van der Waals surface area contributed by atoms with Crippen LogP contribution in [0.25, 0.3) is 0 Å². The fourth-order valence-electron chi connectivity index (χ4n) is 3.03. The van der Waals surface area contributed by atoms with Crippen LogP contribution in [0.2, 0.25) is 0 Å². The van der Waals surface area contributed by atoms with Gasteiger partial charge in [-0.15, -0.1) is 4.40 Å². The molecule has 9 nitrogen and oxygen atoms in total. The Morgan fingerprint density at radius 1 is 1.17 bits per heavy atom. The zero-order chi connectivity index (χ0) is 21.1. The topological polar surface area (TPSA) is 121 Å². The second-order valence-corrected chi connectivity index (χ2v) is 8.39. The van der Waals surface area contributed by atoms with Crippen LogP contribution in [0.1, 0.15) is 16.1 Å². The Kier molecular flexibility index (Phi) is 5.23. The molecule has 2 aliphatic rings. The van der Waals surface area contributed by atoms with Crippen LogP contribution in [0.4, 0.5) is 5.69 Å². The van der Waals surface area contributed by atoms with Gasteiger partial charge in [0, 0.05) is 25.0 Å². The number of allylic oxidation sites excluding steroid dienone is 2. The van der Waals surface area contributed by atoms with Gasteiger partial charge in [-0.3, -0.25) is 9.59 Å². The van der Waals surface area contributed by atoms with Crippen LogP contribution in [0.5, 0.6) is 0 Å². The van der Waals surface area contributed by atoms with E-state index >= 15 is 0 Å². The van der Waals surface area contributed by atoms with Crippen molar-refractivity contribution in [2.24, 2.45) is 4.40 Å². The average molecular weight is 426 g/mol. The quantitative estimate of drug-likeness (QED) is 0.750. The molecule has 10 heteroatoms. The molecule has 3 heterocycles. The van der Waals surface area contributed by atoms with Gasteiger partial charge in [0.15, 0.2) is 11.6 Å². The summed E-state index contributed by atoms with van der Waals surface area (Å²) in [7, 11) is -3.58. The van der Waals surface area contributed by atoms with Crippen molar-refractivity contribution in [1.29, 1.82) is 0 Å². The van der Waals surface area contributed by atoms with E-state index in [2.05, 4.69) is 15.0 Å². The number of nitrogens with one attached hydrogen (secondary N) is 2. The van der Waals surface area contributed by atoms with Crippen molar-refractivity contribution in [2.45, 2.75) is 6.54 Å². The van der Waals surface area contributed by atoms with Crippen LogP contribution in [0.15, 0.2) is 75.4 Å². The number of hydrogen-bond acceptors (Lipinski definition) is 6. The van der Waals surface area contributed by atoms with E-state index in [1.54, 1.807) is 53.6 Å². The zero-order valence-electron chi connectivity index (χ0n) is 15.7. The standard InChI is InChI=1S/C20H18N4O5S/c25-19(16-6-2-8-24-9-11-30(27,28)23-18(16)24)21-13-14-4-1-5-15(12-14)22-20(26)17-7-3-10-29-17/h1-8,10,12H,9,11,13H2,(H,21,25)(H,22,26). The third-order valence-corrected chi connectivity index (χ3v) is 5.63. The molecule has 0 spiro atoms. The minimum atomic E-state index is -3.58. The van der Waals surface area contributed by atoms with Crippen molar-refractivity contribution < 1.29 is 22.4 Å². The number of hydrogen-bond donors (Lipinski definition) is 2. The minimum absolute atomic E-state index is 0.0910. The average Bonchev–Trinajstić information content (AvgIpc) is 3.26. The maximum absolute atomic E-state index is 12.7. The zero-order valence-corrected chi connectivity index (χ0v) is 16.6. The molecule has 2 aliphatic heterocycles. The van der Waals surface area contributed by atoms with Gasteiger partial charge in [-0.1, -0.05) is 12.1 Å². The molecular formula is C20H18N4O5S. The van der Waals surface area contributed by atoms with E-state index < -0.39 is 15.9 Å². The largest absolute Gasteiger partial charge is 0.459 e. The number of nitrogens with zero attached hydrogens (tertiary/aromatic N) is 2. The third-order valence-electron chi connectivity index (χ3n) is 4.49. The van der Waals surface area contributed by atoms with Crippen molar-refractivity contribution in [3.05, 3.63) is 77.9 Å². The first-order chi connectivity index (χ1) is 14.4. The SMILES string of the molecule is O=C(NCc1cccc(NC(=O)c2ccco2)c1)C1=CC=CN2CCS(=O)(=O)N=C12. The fraction of sp³-hybridized carbons (Fsp3) is 0.150. The van der Waals surface area contributed by atoms with Crippen molar-refractivity contribution in [2.75, 3.05) is 17.6 Å². The number of carbonyl (C=O) groups excluding carboxylic acids is 2. The number of fused-ring (bicyclic) bond motifs is 1. The first-order valence-corrected chi connectivity index (χ1v) is 10.7. The Hall–Kier alpha value is -3.66. The van der Waals surface area contributed by atoms with E-state index in [1.807, 2.05) is 0 Å². The number of anilines is 1. The summed E-state index contributed by atoms with van der Waals surface area (Å²) in [6, 6.07) is 10.2. The molecule has 2 amide bonds. The van der Waals surface area contributed by atoms with Gasteiger partial charge in [0.1, 0.15) is 0 Å². The minimum Gasteiger partial charge on any atom is -0.459 e. The monoisotopic (exact) mass is 426 g/mol. The second-order valence-electron chi connectivity index (χ2n) is 6.63. The van der Waals surface area contributed by atoms with Crippen molar-refractivity contribution in [3.8, 4) is 0 Å². The Morgan fingerprint density at radius 3 is 2.83 bits per heavy atom. The summed E-state index contributed by atoms with van der Waals surface area (Å²) in [6.45, 7) is 0.435. The molecule has 0 saturated heterocycles. The molecule has 1 aromatic carbocycles. The van der Waals surface area contributed by atoms with Gasteiger partial charge in [-0.2, -0.15) is 0 Å². The second kappa shape index (κ2) is 7.99. The number of amidine groups is 1. The summed E-state index contributed by atoms with van der Waals surface area (Å²) in [4.78, 5) is 26.4. The lowest BCUT2D eigenvalue weighted by molar-refractivity contribution is -0.117. The van der Waals surface area contributed by atoms with Gasteiger partial charge in [0.2, 0.25) is 0 Å². The smallest absolute Gasteiger partial charge is 0.291 e. The van der Waals surface area contributed by atoms with Gasteiger partial charge in [0.05, 0.1) is 17.6 Å². The molecular weight excluding hydrogens is 408 g/mol. The highest BCUT2D eigenvalue weighted by Crippen LogP contribution is 2.18. The Morgan fingerprint density at radius 2 is 2.03 bits per heavy atom. The summed E-state index contributed by atoms with van der Waals surface area (Å²) in [6.07, 6.45) is 6.32. The highest BCUT2D eigenvalue weighted by atomic mass is 32.2. The van der Waals surface area contributed by atoms with Gasteiger partial charge in [0.25, 0.3) is 21.8 Å². The van der Waals surface area contributed by atoms with E-state index in [4.69, 9.17) is 4.42 Å². The number of rotatable bonds is 5. The van der Waals surface area contributed by atoms with Gasteiger partial charge >= 0.3 is 0 Å². The molecule has 0 atom stereocenters. The fourth-order valence-corrected chi connectivity index (χ4v) is 4.02. The molecule has 0 fully saturated rings. The Labute approximate surface area is 172 Å². The summed E-state index contributed by atoms with van der Waals surface area (Å²) < 4.78 is 32.5. The van der Waals surface area contributed by atoms with Crippen LogP contribution in [-0.4, -0.2) is 43.3 Å². The normalized spacial score (nSPS) is 16.9. The van der Waals surface area contributed by atoms with E-state index in [0.717, 1.165) is 5.56 Å². The van der Waals surface area contributed by atoms with Crippen molar-refractivity contribution in [3.63, 3.8) is 0 Å². The predicted octanol–water partition coefficient (Wildman–Crippen LogP) is 1.65. The number of carbonyl (C=O) groups is 2. The molecule has 30 heavy (non-hydrogen) atoms. The number of benzene rings is 1. The van der Waals surface area contributed by atoms with E-state index in [-0.39, 0.29) is 41.9 Å². The summed E-state index contributed by atoms with van der Waals surface area (Å²) in [5.74, 6) is -0.589. The van der Waals surface area contributed by atoms with Gasteiger partial charge < -0.3 is 20.0 Å². The van der Waals surface area contributed by atoms with Gasteiger partial charge in [-0.05, 0) is 42.0 Å².